The largest absolute Gasteiger partial charge is 0.328 e. The molecule has 1 aromatic carbocycles. The van der Waals surface area contributed by atoms with Crippen LogP contribution >= 0.6 is 0 Å². The normalized spacial score (nSPS) is 23.8. The molecule has 0 aliphatic heterocycles. The van der Waals surface area contributed by atoms with E-state index >= 15 is 0 Å². The van der Waals surface area contributed by atoms with Gasteiger partial charge in [-0.1, -0.05) is 29.3 Å². The quantitative estimate of drug-likeness (QED) is 0.864. The summed E-state index contributed by atoms with van der Waals surface area (Å²) >= 11 is 0. The highest BCUT2D eigenvalue weighted by atomic mass is 15.1. The van der Waals surface area contributed by atoms with E-state index in [-0.39, 0.29) is 0 Å². The molecule has 1 aliphatic rings. The summed E-state index contributed by atoms with van der Waals surface area (Å²) in [6.45, 7) is 6.57. The fraction of sp³-hybridized carbons (Fsp3) is 0.600. The van der Waals surface area contributed by atoms with Crippen molar-refractivity contribution < 1.29 is 0 Å². The Morgan fingerprint density at radius 3 is 2.29 bits per heavy atom. The van der Waals surface area contributed by atoms with Gasteiger partial charge in [0.1, 0.15) is 0 Å². The third kappa shape index (κ3) is 3.55. The first-order valence-electron chi connectivity index (χ1n) is 6.54. The Morgan fingerprint density at radius 2 is 1.76 bits per heavy atom. The summed E-state index contributed by atoms with van der Waals surface area (Å²) in [4.78, 5) is 2.42. The fourth-order valence-corrected chi connectivity index (χ4v) is 2.91. The molecule has 2 N–H and O–H groups in total. The predicted octanol–water partition coefficient (Wildman–Crippen LogP) is 2.47. The van der Waals surface area contributed by atoms with Gasteiger partial charge < -0.3 is 10.6 Å². The molecule has 0 atom stereocenters. The van der Waals surface area contributed by atoms with Crippen LogP contribution in [0.2, 0.25) is 0 Å². The van der Waals surface area contributed by atoms with E-state index in [9.17, 15) is 0 Å². The summed E-state index contributed by atoms with van der Waals surface area (Å²) in [5.74, 6) is 0.820. The van der Waals surface area contributed by atoms with Crippen molar-refractivity contribution in [2.45, 2.75) is 39.3 Å². The average molecular weight is 232 g/mol. The third-order valence-corrected chi connectivity index (χ3v) is 3.58. The van der Waals surface area contributed by atoms with E-state index in [1.165, 1.54) is 36.1 Å². The maximum atomic E-state index is 5.82. The SMILES string of the molecule is Cc1cc(C)cc(CN(C)CC2CC(N)C2)c1. The van der Waals surface area contributed by atoms with Crippen LogP contribution in [0.15, 0.2) is 18.2 Å². The van der Waals surface area contributed by atoms with Crippen molar-refractivity contribution in [3.8, 4) is 0 Å². The molecule has 0 radical (unpaired) electrons. The van der Waals surface area contributed by atoms with Crippen LogP contribution in [0.1, 0.15) is 29.5 Å². The van der Waals surface area contributed by atoms with Gasteiger partial charge in [0, 0.05) is 19.1 Å². The minimum Gasteiger partial charge on any atom is -0.328 e. The molecule has 0 amide bonds. The maximum Gasteiger partial charge on any atom is 0.0231 e. The maximum absolute atomic E-state index is 5.82. The Bertz CT molecular complexity index is 360. The van der Waals surface area contributed by atoms with Crippen molar-refractivity contribution in [3.05, 3.63) is 34.9 Å². The molecule has 2 heteroatoms. The van der Waals surface area contributed by atoms with Crippen molar-refractivity contribution in [1.82, 2.24) is 4.90 Å². The van der Waals surface area contributed by atoms with Crippen molar-refractivity contribution in [2.24, 2.45) is 11.7 Å². The van der Waals surface area contributed by atoms with Crippen LogP contribution in [-0.2, 0) is 6.54 Å². The van der Waals surface area contributed by atoms with E-state index in [4.69, 9.17) is 5.73 Å². The lowest BCUT2D eigenvalue weighted by Crippen LogP contribution is -2.41. The predicted molar refractivity (Wildman–Crippen MR) is 72.9 cm³/mol. The lowest BCUT2D eigenvalue weighted by atomic mass is 9.80. The minimum absolute atomic E-state index is 0.467. The molecule has 0 aromatic heterocycles. The highest BCUT2D eigenvalue weighted by Crippen LogP contribution is 2.26. The third-order valence-electron chi connectivity index (χ3n) is 3.58. The van der Waals surface area contributed by atoms with E-state index < -0.39 is 0 Å². The summed E-state index contributed by atoms with van der Waals surface area (Å²) < 4.78 is 0. The van der Waals surface area contributed by atoms with Gasteiger partial charge in [0.25, 0.3) is 0 Å². The summed E-state index contributed by atoms with van der Waals surface area (Å²) in [6, 6.07) is 7.27. The Hall–Kier alpha value is -0.860. The molecule has 0 heterocycles. The van der Waals surface area contributed by atoms with Crippen molar-refractivity contribution in [1.29, 1.82) is 0 Å². The van der Waals surface area contributed by atoms with Gasteiger partial charge in [0.15, 0.2) is 0 Å². The molecule has 0 spiro atoms. The average Bonchev–Trinajstić information content (AvgIpc) is 2.13. The van der Waals surface area contributed by atoms with Crippen LogP contribution in [0, 0.1) is 19.8 Å². The first-order valence-corrected chi connectivity index (χ1v) is 6.54. The fourth-order valence-electron chi connectivity index (χ4n) is 2.91. The van der Waals surface area contributed by atoms with E-state index in [0.717, 1.165) is 12.5 Å². The lowest BCUT2D eigenvalue weighted by Gasteiger charge is -2.35. The summed E-state index contributed by atoms with van der Waals surface area (Å²) in [5, 5.41) is 0. The number of nitrogens with two attached hydrogens (primary N) is 1. The molecule has 1 saturated carbocycles. The lowest BCUT2D eigenvalue weighted by molar-refractivity contribution is 0.178. The van der Waals surface area contributed by atoms with Crippen LogP contribution in [0.25, 0.3) is 0 Å². The van der Waals surface area contributed by atoms with Gasteiger partial charge in [-0.3, -0.25) is 0 Å². The number of hydrogen-bond acceptors (Lipinski definition) is 2. The molecule has 1 aromatic rings. The van der Waals surface area contributed by atoms with Gasteiger partial charge in [-0.2, -0.15) is 0 Å². The van der Waals surface area contributed by atoms with E-state index in [1.54, 1.807) is 0 Å². The van der Waals surface area contributed by atoms with Gasteiger partial charge in [-0.25, -0.2) is 0 Å². The second kappa shape index (κ2) is 5.19. The Kier molecular flexibility index (Phi) is 3.85. The van der Waals surface area contributed by atoms with Gasteiger partial charge >= 0.3 is 0 Å². The molecular weight excluding hydrogens is 208 g/mol. The van der Waals surface area contributed by atoms with Gasteiger partial charge in [-0.15, -0.1) is 0 Å². The van der Waals surface area contributed by atoms with Crippen LogP contribution < -0.4 is 5.73 Å². The smallest absolute Gasteiger partial charge is 0.0231 e. The second-order valence-electron chi connectivity index (χ2n) is 5.79. The van der Waals surface area contributed by atoms with E-state index in [1.807, 2.05) is 0 Å². The Balaban J connectivity index is 1.86. The summed E-state index contributed by atoms with van der Waals surface area (Å²) in [5.41, 5.74) is 9.96. The number of rotatable bonds is 4. The highest BCUT2D eigenvalue weighted by Gasteiger charge is 2.26. The monoisotopic (exact) mass is 232 g/mol. The molecule has 1 aliphatic carbocycles. The zero-order valence-corrected chi connectivity index (χ0v) is 11.2. The van der Waals surface area contributed by atoms with Crippen LogP contribution in [0.5, 0.6) is 0 Å². The minimum atomic E-state index is 0.467. The first kappa shape index (κ1) is 12.6. The van der Waals surface area contributed by atoms with Crippen LogP contribution in [0.4, 0.5) is 0 Å². The topological polar surface area (TPSA) is 29.3 Å². The Morgan fingerprint density at radius 1 is 1.18 bits per heavy atom. The molecule has 0 unspecified atom stereocenters. The second-order valence-corrected chi connectivity index (χ2v) is 5.79. The van der Waals surface area contributed by atoms with Crippen molar-refractivity contribution >= 4 is 0 Å². The number of aryl methyl sites for hydroxylation is 2. The molecule has 2 nitrogen and oxygen atoms in total. The van der Waals surface area contributed by atoms with Crippen LogP contribution in [0.3, 0.4) is 0 Å². The summed E-state index contributed by atoms with van der Waals surface area (Å²) in [7, 11) is 2.21. The zero-order valence-electron chi connectivity index (χ0n) is 11.2. The summed E-state index contributed by atoms with van der Waals surface area (Å²) in [6.07, 6.45) is 2.41. The van der Waals surface area contributed by atoms with Gasteiger partial charge in [0.05, 0.1) is 0 Å². The standard InChI is InChI=1S/C15H24N2/c1-11-4-12(2)6-13(5-11)9-17(3)10-14-7-15(16)8-14/h4-6,14-15H,7-10,16H2,1-3H3. The highest BCUT2D eigenvalue weighted by molar-refractivity contribution is 5.28. The van der Waals surface area contributed by atoms with E-state index in [2.05, 4.69) is 44.0 Å². The number of hydrogen-bond donors (Lipinski definition) is 1. The molecule has 17 heavy (non-hydrogen) atoms. The molecule has 0 bridgehead atoms. The molecule has 1 fully saturated rings. The molecule has 2 rings (SSSR count). The first-order chi connectivity index (χ1) is 8.02. The van der Waals surface area contributed by atoms with Gasteiger partial charge in [-0.05, 0) is 45.2 Å². The zero-order chi connectivity index (χ0) is 12.4. The van der Waals surface area contributed by atoms with E-state index in [0.29, 0.717) is 6.04 Å². The molecule has 0 saturated heterocycles. The van der Waals surface area contributed by atoms with Crippen LogP contribution in [-0.4, -0.2) is 24.5 Å². The number of nitrogens with zero attached hydrogens (tertiary/aromatic N) is 1. The van der Waals surface area contributed by atoms with Gasteiger partial charge in [0.2, 0.25) is 0 Å². The van der Waals surface area contributed by atoms with Crippen molar-refractivity contribution in [3.63, 3.8) is 0 Å². The molecular formula is C15H24N2. The number of benzene rings is 1. The Labute approximate surface area is 105 Å². The molecule has 94 valence electrons. The van der Waals surface area contributed by atoms with Crippen molar-refractivity contribution in [2.75, 3.05) is 13.6 Å².